The first-order valence-corrected chi connectivity index (χ1v) is 9.19. The van der Waals surface area contributed by atoms with Crippen LogP contribution in [0.2, 0.25) is 0 Å². The maximum Gasteiger partial charge on any atom is 0.262 e. The summed E-state index contributed by atoms with van der Waals surface area (Å²) < 4.78 is 11.2. The highest BCUT2D eigenvalue weighted by Crippen LogP contribution is 2.31. The quantitative estimate of drug-likeness (QED) is 0.798. The Balaban J connectivity index is 1.32. The van der Waals surface area contributed by atoms with Crippen molar-refractivity contribution in [1.29, 1.82) is 0 Å². The Bertz CT molecular complexity index is 784. The van der Waals surface area contributed by atoms with E-state index in [-0.39, 0.29) is 18.6 Å². The number of nitrogens with one attached hydrogen (secondary N) is 2. The van der Waals surface area contributed by atoms with Crippen molar-refractivity contribution in [3.63, 3.8) is 0 Å². The molecule has 1 atom stereocenters. The average Bonchev–Trinajstić information content (AvgIpc) is 3.49. The number of rotatable bonds is 7. The molecule has 4 rings (SSSR count). The zero-order valence-corrected chi connectivity index (χ0v) is 15.0. The summed E-state index contributed by atoms with van der Waals surface area (Å²) in [6.45, 7) is 3.80. The van der Waals surface area contributed by atoms with Crippen LogP contribution < -0.4 is 20.1 Å². The topological polar surface area (TPSA) is 59.6 Å². The summed E-state index contributed by atoms with van der Waals surface area (Å²) >= 11 is 0. The van der Waals surface area contributed by atoms with Gasteiger partial charge < -0.3 is 20.1 Å². The number of amides is 1. The summed E-state index contributed by atoms with van der Waals surface area (Å²) in [5.74, 6) is 2.32. The molecular weight excluding hydrogens is 328 g/mol. The van der Waals surface area contributed by atoms with E-state index in [9.17, 15) is 4.79 Å². The number of carbonyl (C=O) groups is 1. The van der Waals surface area contributed by atoms with E-state index < -0.39 is 0 Å². The fourth-order valence-electron chi connectivity index (χ4n) is 2.96. The minimum absolute atomic E-state index is 0.0838. The van der Waals surface area contributed by atoms with E-state index in [0.29, 0.717) is 0 Å². The Morgan fingerprint density at radius 1 is 1.23 bits per heavy atom. The average molecular weight is 352 g/mol. The second-order valence-corrected chi connectivity index (χ2v) is 7.09. The number of anilines is 1. The Hall–Kier alpha value is -2.53. The molecule has 5 nitrogen and oxygen atoms in total. The smallest absolute Gasteiger partial charge is 0.262 e. The van der Waals surface area contributed by atoms with E-state index in [1.54, 1.807) is 0 Å². The summed E-state index contributed by atoms with van der Waals surface area (Å²) in [7, 11) is 0. The van der Waals surface area contributed by atoms with Crippen LogP contribution in [0.25, 0.3) is 0 Å². The molecular formula is C21H24N2O3. The van der Waals surface area contributed by atoms with Gasteiger partial charge in [-0.2, -0.15) is 0 Å². The number of ether oxygens (including phenoxy) is 2. The van der Waals surface area contributed by atoms with Crippen molar-refractivity contribution in [2.45, 2.75) is 32.4 Å². The Labute approximate surface area is 153 Å². The van der Waals surface area contributed by atoms with E-state index in [1.165, 1.54) is 18.4 Å². The lowest BCUT2D eigenvalue weighted by molar-refractivity contribution is -0.118. The SMILES string of the molecule is C[C@@H](NCc1ccc(OCC2CC2)cc1)c1ccc2c(c1)NC(=O)CO2. The molecule has 0 unspecified atom stereocenters. The number of carbonyl (C=O) groups excluding carboxylic acids is 1. The molecule has 2 aliphatic rings. The van der Waals surface area contributed by atoms with Gasteiger partial charge in [0.2, 0.25) is 0 Å². The Morgan fingerprint density at radius 2 is 2.04 bits per heavy atom. The first kappa shape index (κ1) is 16.9. The zero-order chi connectivity index (χ0) is 17.9. The van der Waals surface area contributed by atoms with Gasteiger partial charge in [-0.3, -0.25) is 4.79 Å². The molecule has 1 heterocycles. The standard InChI is InChI=1S/C21H24N2O3/c1-14(17-6-9-20-19(10-17)23-21(24)13-26-20)22-11-15-4-7-18(8-5-15)25-12-16-2-3-16/h4-10,14,16,22H,2-3,11-13H2,1H3,(H,23,24)/t14-/m1/s1. The molecule has 0 aromatic heterocycles. The normalized spacial score (nSPS) is 17.0. The van der Waals surface area contributed by atoms with Crippen LogP contribution in [0, 0.1) is 5.92 Å². The number of hydrogen-bond acceptors (Lipinski definition) is 4. The minimum atomic E-state index is -0.112. The summed E-state index contributed by atoms with van der Waals surface area (Å²) in [5.41, 5.74) is 3.06. The molecule has 1 fully saturated rings. The van der Waals surface area contributed by atoms with Gasteiger partial charge in [-0.05, 0) is 61.1 Å². The fraction of sp³-hybridized carbons (Fsp3) is 0.381. The Morgan fingerprint density at radius 3 is 2.81 bits per heavy atom. The Kier molecular flexibility index (Phi) is 4.80. The molecule has 1 aliphatic carbocycles. The molecule has 2 aromatic rings. The van der Waals surface area contributed by atoms with Crippen LogP contribution in [0.4, 0.5) is 5.69 Å². The second-order valence-electron chi connectivity index (χ2n) is 7.09. The van der Waals surface area contributed by atoms with E-state index in [4.69, 9.17) is 9.47 Å². The van der Waals surface area contributed by atoms with Crippen molar-refractivity contribution in [2.24, 2.45) is 5.92 Å². The predicted octanol–water partition coefficient (Wildman–Crippen LogP) is 3.66. The van der Waals surface area contributed by atoms with Gasteiger partial charge >= 0.3 is 0 Å². The van der Waals surface area contributed by atoms with Crippen molar-refractivity contribution < 1.29 is 14.3 Å². The summed E-state index contributed by atoms with van der Waals surface area (Å²) in [5, 5.41) is 6.37. The van der Waals surface area contributed by atoms with Crippen LogP contribution in [0.15, 0.2) is 42.5 Å². The van der Waals surface area contributed by atoms with Crippen molar-refractivity contribution in [3.8, 4) is 11.5 Å². The lowest BCUT2D eigenvalue weighted by Gasteiger charge is -2.21. The first-order valence-electron chi connectivity index (χ1n) is 9.19. The maximum absolute atomic E-state index is 11.5. The second kappa shape index (κ2) is 7.38. The van der Waals surface area contributed by atoms with Gasteiger partial charge in [0.1, 0.15) is 11.5 Å². The van der Waals surface area contributed by atoms with E-state index in [1.807, 2.05) is 30.3 Å². The predicted molar refractivity (Wildman–Crippen MR) is 100 cm³/mol. The molecule has 0 bridgehead atoms. The van der Waals surface area contributed by atoms with Crippen LogP contribution in [0.1, 0.15) is 36.9 Å². The first-order chi connectivity index (χ1) is 12.7. The molecule has 0 saturated heterocycles. The largest absolute Gasteiger partial charge is 0.493 e. The molecule has 1 aliphatic heterocycles. The van der Waals surface area contributed by atoms with Crippen LogP contribution in [0.3, 0.4) is 0 Å². The van der Waals surface area contributed by atoms with Gasteiger partial charge in [-0.15, -0.1) is 0 Å². The van der Waals surface area contributed by atoms with Gasteiger partial charge in [0.15, 0.2) is 6.61 Å². The minimum Gasteiger partial charge on any atom is -0.493 e. The molecule has 1 amide bonds. The molecule has 26 heavy (non-hydrogen) atoms. The van der Waals surface area contributed by atoms with Gasteiger partial charge in [0.05, 0.1) is 12.3 Å². The molecule has 1 saturated carbocycles. The van der Waals surface area contributed by atoms with Crippen LogP contribution in [-0.4, -0.2) is 19.1 Å². The summed E-state index contributed by atoms with van der Waals surface area (Å²) in [6.07, 6.45) is 2.61. The lowest BCUT2D eigenvalue weighted by atomic mass is 10.1. The third-order valence-electron chi connectivity index (χ3n) is 4.85. The summed E-state index contributed by atoms with van der Waals surface area (Å²) in [6, 6.07) is 14.3. The van der Waals surface area contributed by atoms with E-state index >= 15 is 0 Å². The van der Waals surface area contributed by atoms with E-state index in [2.05, 4.69) is 29.7 Å². The molecule has 2 N–H and O–H groups in total. The monoisotopic (exact) mass is 352 g/mol. The van der Waals surface area contributed by atoms with Crippen LogP contribution in [0.5, 0.6) is 11.5 Å². The highest BCUT2D eigenvalue weighted by molar-refractivity contribution is 5.95. The van der Waals surface area contributed by atoms with Gasteiger partial charge in [0.25, 0.3) is 5.91 Å². The van der Waals surface area contributed by atoms with Crippen LogP contribution in [-0.2, 0) is 11.3 Å². The van der Waals surface area contributed by atoms with Gasteiger partial charge in [-0.25, -0.2) is 0 Å². The molecule has 5 heteroatoms. The zero-order valence-electron chi connectivity index (χ0n) is 15.0. The maximum atomic E-state index is 11.5. The molecule has 0 spiro atoms. The lowest BCUT2D eigenvalue weighted by Crippen LogP contribution is -2.26. The molecule has 0 radical (unpaired) electrons. The number of benzene rings is 2. The fourth-order valence-corrected chi connectivity index (χ4v) is 2.96. The van der Waals surface area contributed by atoms with Crippen molar-refractivity contribution >= 4 is 11.6 Å². The van der Waals surface area contributed by atoms with E-state index in [0.717, 1.165) is 41.8 Å². The van der Waals surface area contributed by atoms with Crippen molar-refractivity contribution in [3.05, 3.63) is 53.6 Å². The third kappa shape index (κ3) is 4.17. The number of fused-ring (bicyclic) bond motifs is 1. The number of hydrogen-bond donors (Lipinski definition) is 2. The highest BCUT2D eigenvalue weighted by Gasteiger charge is 2.21. The molecule has 2 aromatic carbocycles. The summed E-state index contributed by atoms with van der Waals surface area (Å²) in [4.78, 5) is 11.5. The highest BCUT2D eigenvalue weighted by atomic mass is 16.5. The van der Waals surface area contributed by atoms with Crippen molar-refractivity contribution in [2.75, 3.05) is 18.5 Å². The van der Waals surface area contributed by atoms with Gasteiger partial charge in [-0.1, -0.05) is 18.2 Å². The van der Waals surface area contributed by atoms with Gasteiger partial charge in [0, 0.05) is 12.6 Å². The third-order valence-corrected chi connectivity index (χ3v) is 4.85. The molecule has 136 valence electrons. The van der Waals surface area contributed by atoms with Crippen molar-refractivity contribution in [1.82, 2.24) is 5.32 Å². The van der Waals surface area contributed by atoms with Crippen LogP contribution >= 0.6 is 0 Å².